The van der Waals surface area contributed by atoms with Crippen molar-refractivity contribution in [1.29, 1.82) is 0 Å². The number of carbonyl (C=O) groups is 2. The van der Waals surface area contributed by atoms with Crippen LogP contribution in [0.5, 0.6) is 0 Å². The van der Waals surface area contributed by atoms with E-state index in [4.69, 9.17) is 9.84 Å². The Morgan fingerprint density at radius 2 is 2.00 bits per heavy atom. The van der Waals surface area contributed by atoms with Gasteiger partial charge >= 0.3 is 11.9 Å². The molecule has 0 saturated heterocycles. The molecule has 18 heavy (non-hydrogen) atoms. The number of carboxylic acid groups (broad SMARTS) is 1. The zero-order valence-electron chi connectivity index (χ0n) is 11.4. The minimum atomic E-state index is -0.738. The van der Waals surface area contributed by atoms with Gasteiger partial charge in [-0.3, -0.25) is 9.59 Å². The second-order valence-electron chi connectivity index (χ2n) is 6.97. The van der Waals surface area contributed by atoms with E-state index in [0.29, 0.717) is 5.92 Å². The van der Waals surface area contributed by atoms with Crippen LogP contribution in [0.2, 0.25) is 0 Å². The summed E-state index contributed by atoms with van der Waals surface area (Å²) in [6, 6.07) is 0. The van der Waals surface area contributed by atoms with Gasteiger partial charge in [0.15, 0.2) is 0 Å². The minimum absolute atomic E-state index is 0.0650. The highest BCUT2D eigenvalue weighted by molar-refractivity contribution is 5.75. The lowest BCUT2D eigenvalue weighted by atomic mass is 9.80. The van der Waals surface area contributed by atoms with E-state index in [1.165, 1.54) is 0 Å². The Hall–Kier alpha value is -1.06. The van der Waals surface area contributed by atoms with E-state index < -0.39 is 11.4 Å². The molecule has 3 atom stereocenters. The standard InChI is InChI=1S/C14H22O4/c1-13(2,3)12(17)18-10-7-14(8-11(15)16)5-4-9(10)6-14/h9-10H,4-8H2,1-3H3,(H,15,16). The number of aliphatic carboxylic acids is 1. The number of esters is 1. The highest BCUT2D eigenvalue weighted by Gasteiger charge is 2.53. The average molecular weight is 254 g/mol. The molecule has 2 rings (SSSR count). The minimum Gasteiger partial charge on any atom is -0.481 e. The van der Waals surface area contributed by atoms with Crippen molar-refractivity contribution in [1.82, 2.24) is 0 Å². The third-order valence-electron chi connectivity index (χ3n) is 4.30. The van der Waals surface area contributed by atoms with E-state index in [2.05, 4.69) is 0 Å². The first-order chi connectivity index (χ1) is 8.22. The number of ether oxygens (including phenoxy) is 1. The van der Waals surface area contributed by atoms with Gasteiger partial charge in [-0.05, 0) is 57.8 Å². The average Bonchev–Trinajstić information content (AvgIpc) is 2.71. The van der Waals surface area contributed by atoms with Crippen LogP contribution < -0.4 is 0 Å². The van der Waals surface area contributed by atoms with Crippen LogP contribution in [0.15, 0.2) is 0 Å². The van der Waals surface area contributed by atoms with Crippen LogP contribution in [0.1, 0.15) is 52.9 Å². The van der Waals surface area contributed by atoms with Crippen LogP contribution in [0, 0.1) is 16.7 Å². The molecule has 0 amide bonds. The summed E-state index contributed by atoms with van der Waals surface area (Å²) < 4.78 is 5.58. The Balaban J connectivity index is 1.99. The lowest BCUT2D eigenvalue weighted by molar-refractivity contribution is -0.161. The van der Waals surface area contributed by atoms with Crippen LogP contribution in [-0.2, 0) is 14.3 Å². The lowest BCUT2D eigenvalue weighted by Gasteiger charge is -2.30. The van der Waals surface area contributed by atoms with E-state index in [1.807, 2.05) is 20.8 Å². The molecule has 1 N–H and O–H groups in total. The van der Waals surface area contributed by atoms with E-state index in [-0.39, 0.29) is 23.9 Å². The van der Waals surface area contributed by atoms with Gasteiger partial charge in [-0.15, -0.1) is 0 Å². The topological polar surface area (TPSA) is 63.6 Å². The molecule has 4 nitrogen and oxygen atoms in total. The van der Waals surface area contributed by atoms with Crippen molar-refractivity contribution < 1.29 is 19.4 Å². The van der Waals surface area contributed by atoms with Crippen LogP contribution in [0.25, 0.3) is 0 Å². The summed E-state index contributed by atoms with van der Waals surface area (Å²) >= 11 is 0. The molecule has 3 unspecified atom stereocenters. The Morgan fingerprint density at radius 1 is 1.33 bits per heavy atom. The first-order valence-electron chi connectivity index (χ1n) is 6.65. The third kappa shape index (κ3) is 2.52. The second-order valence-corrected chi connectivity index (χ2v) is 6.97. The van der Waals surface area contributed by atoms with E-state index in [1.54, 1.807) is 0 Å². The molecule has 0 aromatic heterocycles. The van der Waals surface area contributed by atoms with Crippen molar-refractivity contribution in [2.24, 2.45) is 16.7 Å². The van der Waals surface area contributed by atoms with Crippen LogP contribution in [0.3, 0.4) is 0 Å². The molecule has 0 aromatic rings. The van der Waals surface area contributed by atoms with Gasteiger partial charge in [0.2, 0.25) is 0 Å². The fraction of sp³-hybridized carbons (Fsp3) is 0.857. The maximum atomic E-state index is 11.9. The van der Waals surface area contributed by atoms with Crippen molar-refractivity contribution >= 4 is 11.9 Å². The van der Waals surface area contributed by atoms with Crippen molar-refractivity contribution in [2.75, 3.05) is 0 Å². The van der Waals surface area contributed by atoms with Crippen LogP contribution >= 0.6 is 0 Å². The Kier molecular flexibility index (Phi) is 3.16. The van der Waals surface area contributed by atoms with Crippen LogP contribution in [0.4, 0.5) is 0 Å². The molecule has 2 bridgehead atoms. The fourth-order valence-electron chi connectivity index (χ4n) is 3.35. The molecule has 2 saturated carbocycles. The maximum Gasteiger partial charge on any atom is 0.311 e. The highest BCUT2D eigenvalue weighted by Crippen LogP contribution is 2.57. The predicted octanol–water partition coefficient (Wildman–Crippen LogP) is 2.61. The van der Waals surface area contributed by atoms with Gasteiger partial charge in [0.25, 0.3) is 0 Å². The SMILES string of the molecule is CC(C)(C)C(=O)OC1CC2(CC(=O)O)CCC1C2. The van der Waals surface area contributed by atoms with Gasteiger partial charge in [-0.25, -0.2) is 0 Å². The summed E-state index contributed by atoms with van der Waals surface area (Å²) in [6.07, 6.45) is 3.74. The van der Waals surface area contributed by atoms with Gasteiger partial charge < -0.3 is 9.84 Å². The zero-order chi connectivity index (χ0) is 13.6. The molecule has 2 aliphatic rings. The molecule has 2 aliphatic carbocycles. The molecular formula is C14H22O4. The monoisotopic (exact) mass is 254 g/mol. The van der Waals surface area contributed by atoms with Crippen molar-refractivity contribution in [3.8, 4) is 0 Å². The summed E-state index contributed by atoms with van der Waals surface area (Å²) in [5.41, 5.74) is -0.596. The predicted molar refractivity (Wildman–Crippen MR) is 66.0 cm³/mol. The molecule has 2 fully saturated rings. The molecule has 0 spiro atoms. The highest BCUT2D eigenvalue weighted by atomic mass is 16.5. The summed E-state index contributed by atoms with van der Waals surface area (Å²) in [5.74, 6) is -0.542. The quantitative estimate of drug-likeness (QED) is 0.786. The van der Waals surface area contributed by atoms with Gasteiger partial charge in [-0.2, -0.15) is 0 Å². The summed E-state index contributed by atoms with van der Waals surface area (Å²) in [7, 11) is 0. The fourth-order valence-corrected chi connectivity index (χ4v) is 3.35. The van der Waals surface area contributed by atoms with Gasteiger partial charge in [0.05, 0.1) is 11.8 Å². The summed E-state index contributed by atoms with van der Waals surface area (Å²) in [6.45, 7) is 5.53. The summed E-state index contributed by atoms with van der Waals surface area (Å²) in [4.78, 5) is 22.8. The molecular weight excluding hydrogens is 232 g/mol. The second kappa shape index (κ2) is 4.25. The number of hydrogen-bond donors (Lipinski definition) is 1. The molecule has 0 aliphatic heterocycles. The van der Waals surface area contributed by atoms with Gasteiger partial charge in [0.1, 0.15) is 6.10 Å². The maximum absolute atomic E-state index is 11.9. The normalized spacial score (nSPS) is 34.6. The van der Waals surface area contributed by atoms with Crippen molar-refractivity contribution in [2.45, 2.75) is 59.0 Å². The first kappa shape index (κ1) is 13.4. The van der Waals surface area contributed by atoms with Crippen molar-refractivity contribution in [3.63, 3.8) is 0 Å². The Bertz CT molecular complexity index is 368. The number of hydrogen-bond acceptors (Lipinski definition) is 3. The zero-order valence-corrected chi connectivity index (χ0v) is 11.4. The van der Waals surface area contributed by atoms with E-state index in [0.717, 1.165) is 25.7 Å². The number of carbonyl (C=O) groups excluding carboxylic acids is 1. The first-order valence-corrected chi connectivity index (χ1v) is 6.65. The summed E-state index contributed by atoms with van der Waals surface area (Å²) in [5, 5.41) is 8.98. The molecule has 0 aromatic carbocycles. The number of fused-ring (bicyclic) bond motifs is 2. The number of carboxylic acids is 1. The molecule has 4 heteroatoms. The van der Waals surface area contributed by atoms with Gasteiger partial charge in [-0.1, -0.05) is 0 Å². The van der Waals surface area contributed by atoms with Gasteiger partial charge in [0, 0.05) is 0 Å². The smallest absolute Gasteiger partial charge is 0.311 e. The lowest BCUT2D eigenvalue weighted by Crippen LogP contribution is -2.32. The van der Waals surface area contributed by atoms with E-state index >= 15 is 0 Å². The largest absolute Gasteiger partial charge is 0.481 e. The number of rotatable bonds is 3. The molecule has 0 radical (unpaired) electrons. The Labute approximate surface area is 108 Å². The third-order valence-corrected chi connectivity index (χ3v) is 4.30. The van der Waals surface area contributed by atoms with Crippen molar-refractivity contribution in [3.05, 3.63) is 0 Å². The Morgan fingerprint density at radius 3 is 2.56 bits per heavy atom. The van der Waals surface area contributed by atoms with E-state index in [9.17, 15) is 9.59 Å². The van der Waals surface area contributed by atoms with Crippen LogP contribution in [-0.4, -0.2) is 23.1 Å². The molecule has 102 valence electrons. The molecule has 0 heterocycles.